The molecule has 0 bridgehead atoms. The Morgan fingerprint density at radius 3 is 2.62 bits per heavy atom. The minimum atomic E-state index is -2.70. The molecule has 2 N–H and O–H groups in total. The van der Waals surface area contributed by atoms with Crippen LogP contribution < -0.4 is 5.73 Å². The second-order valence-electron chi connectivity index (χ2n) is 2.25. The van der Waals surface area contributed by atoms with Gasteiger partial charge in [0.1, 0.15) is 11.5 Å². The van der Waals surface area contributed by atoms with Gasteiger partial charge in [-0.25, -0.2) is 13.8 Å². The molecule has 0 spiro atoms. The summed E-state index contributed by atoms with van der Waals surface area (Å²) in [6.45, 7) is 0. The molecule has 0 aliphatic heterocycles. The lowest BCUT2D eigenvalue weighted by atomic mass is 10.2. The average molecular weight is 251 g/mol. The third kappa shape index (κ3) is 2.00. The summed E-state index contributed by atoms with van der Waals surface area (Å²) in [5.41, 5.74) is 4.90. The summed E-state index contributed by atoms with van der Waals surface area (Å²) in [4.78, 5) is 13.8. The Labute approximate surface area is 81.1 Å². The van der Waals surface area contributed by atoms with Crippen molar-refractivity contribution in [2.75, 3.05) is 5.73 Å². The molecule has 0 radical (unpaired) electrons. The first-order valence-corrected chi connectivity index (χ1v) is 4.04. The molecule has 0 saturated carbocycles. The number of alkyl halides is 2. The Kier molecular flexibility index (Phi) is 2.92. The molecule has 1 aromatic rings. The summed E-state index contributed by atoms with van der Waals surface area (Å²) in [6, 6.07) is 1.07. The van der Waals surface area contributed by atoms with Crippen molar-refractivity contribution in [3.63, 3.8) is 0 Å². The maximum absolute atomic E-state index is 12.1. The number of hydrogen-bond donors (Lipinski definition) is 1. The van der Waals surface area contributed by atoms with Gasteiger partial charge in [0, 0.05) is 4.47 Å². The molecular formula is C7H5BrF2N2O. The van der Waals surface area contributed by atoms with Crippen molar-refractivity contribution in [1.82, 2.24) is 4.98 Å². The van der Waals surface area contributed by atoms with Crippen molar-refractivity contribution < 1.29 is 13.6 Å². The number of carbonyl (C=O) groups is 1. The standard InChI is InChI=1S/C7H5BrF2N2O/c8-4-1-5(6(9)10)12-7(11)3(4)2-13/h1-2,6H,(H2,11,12). The maximum atomic E-state index is 12.1. The highest BCUT2D eigenvalue weighted by Gasteiger charge is 2.14. The topological polar surface area (TPSA) is 56.0 Å². The SMILES string of the molecule is Nc1nc(C(F)F)cc(Br)c1C=O. The van der Waals surface area contributed by atoms with E-state index in [0.29, 0.717) is 6.29 Å². The summed E-state index contributed by atoms with van der Waals surface area (Å²) in [5.74, 6) is -0.195. The summed E-state index contributed by atoms with van der Waals surface area (Å²) in [5, 5.41) is 0. The molecule has 1 aromatic heterocycles. The Balaban J connectivity index is 3.28. The number of aldehydes is 1. The number of nitrogens with two attached hydrogens (primary N) is 1. The summed E-state index contributed by atoms with van der Waals surface area (Å²) in [6.07, 6.45) is -2.24. The van der Waals surface area contributed by atoms with E-state index in [1.165, 1.54) is 0 Å². The van der Waals surface area contributed by atoms with Gasteiger partial charge in [0.15, 0.2) is 6.29 Å². The second-order valence-corrected chi connectivity index (χ2v) is 3.10. The van der Waals surface area contributed by atoms with Crippen LogP contribution >= 0.6 is 15.9 Å². The number of hydrogen-bond acceptors (Lipinski definition) is 3. The van der Waals surface area contributed by atoms with Crippen molar-refractivity contribution in [1.29, 1.82) is 0 Å². The number of nitrogen functional groups attached to an aromatic ring is 1. The van der Waals surface area contributed by atoms with E-state index in [-0.39, 0.29) is 15.9 Å². The van der Waals surface area contributed by atoms with E-state index in [1.807, 2.05) is 0 Å². The molecule has 3 nitrogen and oxygen atoms in total. The molecule has 0 fully saturated rings. The van der Waals surface area contributed by atoms with Gasteiger partial charge in [-0.3, -0.25) is 4.79 Å². The first kappa shape index (κ1) is 10.0. The van der Waals surface area contributed by atoms with Crippen LogP contribution in [0.15, 0.2) is 10.5 Å². The lowest BCUT2D eigenvalue weighted by molar-refractivity contribution is 0.112. The van der Waals surface area contributed by atoms with E-state index in [4.69, 9.17) is 5.73 Å². The predicted molar refractivity (Wildman–Crippen MR) is 46.7 cm³/mol. The molecule has 70 valence electrons. The zero-order chi connectivity index (χ0) is 10.0. The van der Waals surface area contributed by atoms with Gasteiger partial charge in [0.05, 0.1) is 5.56 Å². The van der Waals surface area contributed by atoms with Crippen molar-refractivity contribution in [3.8, 4) is 0 Å². The number of pyridine rings is 1. The zero-order valence-corrected chi connectivity index (χ0v) is 7.88. The molecule has 0 saturated heterocycles. The van der Waals surface area contributed by atoms with Crippen LogP contribution in [0.1, 0.15) is 22.5 Å². The largest absolute Gasteiger partial charge is 0.383 e. The van der Waals surface area contributed by atoms with Crippen LogP contribution in [0.25, 0.3) is 0 Å². The number of carbonyl (C=O) groups excluding carboxylic acids is 1. The summed E-state index contributed by atoms with van der Waals surface area (Å²) >= 11 is 2.94. The first-order valence-electron chi connectivity index (χ1n) is 3.25. The molecule has 0 aromatic carbocycles. The quantitative estimate of drug-likeness (QED) is 0.819. The molecule has 0 unspecified atom stereocenters. The Morgan fingerprint density at radius 1 is 1.62 bits per heavy atom. The van der Waals surface area contributed by atoms with Crippen molar-refractivity contribution in [3.05, 3.63) is 21.8 Å². The number of rotatable bonds is 2. The molecular weight excluding hydrogens is 246 g/mol. The van der Waals surface area contributed by atoms with Gasteiger partial charge in [-0.2, -0.15) is 0 Å². The van der Waals surface area contributed by atoms with Crippen LogP contribution in [0, 0.1) is 0 Å². The zero-order valence-electron chi connectivity index (χ0n) is 6.30. The Hall–Kier alpha value is -1.04. The van der Waals surface area contributed by atoms with Gasteiger partial charge in [0.25, 0.3) is 6.43 Å². The van der Waals surface area contributed by atoms with Crippen molar-refractivity contribution in [2.24, 2.45) is 0 Å². The number of nitrogens with zero attached hydrogens (tertiary/aromatic N) is 1. The number of anilines is 1. The van der Waals surface area contributed by atoms with Gasteiger partial charge in [-0.15, -0.1) is 0 Å². The monoisotopic (exact) mass is 250 g/mol. The average Bonchev–Trinajstić information content (AvgIpc) is 2.03. The van der Waals surface area contributed by atoms with Crippen molar-refractivity contribution >= 4 is 28.0 Å². The summed E-state index contributed by atoms with van der Waals surface area (Å²) in [7, 11) is 0. The Morgan fingerprint density at radius 2 is 2.23 bits per heavy atom. The van der Waals surface area contributed by atoms with Crippen molar-refractivity contribution in [2.45, 2.75) is 6.43 Å². The highest BCUT2D eigenvalue weighted by atomic mass is 79.9. The van der Waals surface area contributed by atoms with Gasteiger partial charge in [0.2, 0.25) is 0 Å². The fraction of sp³-hybridized carbons (Fsp3) is 0.143. The third-order valence-corrected chi connectivity index (χ3v) is 2.05. The molecule has 0 amide bonds. The van der Waals surface area contributed by atoms with Crippen LogP contribution in [0.4, 0.5) is 14.6 Å². The highest BCUT2D eigenvalue weighted by molar-refractivity contribution is 9.10. The first-order chi connectivity index (χ1) is 6.06. The number of aromatic nitrogens is 1. The lowest BCUT2D eigenvalue weighted by Gasteiger charge is -2.04. The summed E-state index contributed by atoms with van der Waals surface area (Å²) < 4.78 is 24.5. The van der Waals surface area contributed by atoms with E-state index in [1.54, 1.807) is 0 Å². The van der Waals surface area contributed by atoms with E-state index >= 15 is 0 Å². The van der Waals surface area contributed by atoms with Crippen LogP contribution in [0.3, 0.4) is 0 Å². The molecule has 0 aliphatic rings. The van der Waals surface area contributed by atoms with Crippen LogP contribution in [-0.4, -0.2) is 11.3 Å². The number of halogens is 3. The van der Waals surface area contributed by atoms with Gasteiger partial charge in [-0.1, -0.05) is 0 Å². The molecule has 13 heavy (non-hydrogen) atoms. The molecule has 1 heterocycles. The highest BCUT2D eigenvalue weighted by Crippen LogP contribution is 2.25. The molecule has 6 heteroatoms. The van der Waals surface area contributed by atoms with E-state index < -0.39 is 12.1 Å². The molecule has 1 rings (SSSR count). The van der Waals surface area contributed by atoms with E-state index in [2.05, 4.69) is 20.9 Å². The normalized spacial score (nSPS) is 10.5. The predicted octanol–water partition coefficient (Wildman–Crippen LogP) is 2.18. The smallest absolute Gasteiger partial charge is 0.280 e. The fourth-order valence-electron chi connectivity index (χ4n) is 0.790. The lowest BCUT2D eigenvalue weighted by Crippen LogP contribution is -2.01. The van der Waals surface area contributed by atoms with E-state index in [0.717, 1.165) is 6.07 Å². The minimum Gasteiger partial charge on any atom is -0.383 e. The van der Waals surface area contributed by atoms with Gasteiger partial charge < -0.3 is 5.73 Å². The fourth-order valence-corrected chi connectivity index (χ4v) is 1.32. The van der Waals surface area contributed by atoms with Crippen LogP contribution in [0.5, 0.6) is 0 Å². The maximum Gasteiger partial charge on any atom is 0.280 e. The minimum absolute atomic E-state index is 0.0874. The second kappa shape index (κ2) is 3.78. The Bertz CT molecular complexity index is 320. The van der Waals surface area contributed by atoms with Gasteiger partial charge >= 0.3 is 0 Å². The van der Waals surface area contributed by atoms with E-state index in [9.17, 15) is 13.6 Å². The molecule has 0 atom stereocenters. The van der Waals surface area contributed by atoms with Crippen LogP contribution in [-0.2, 0) is 0 Å². The van der Waals surface area contributed by atoms with Crippen LogP contribution in [0.2, 0.25) is 0 Å². The third-order valence-electron chi connectivity index (χ3n) is 1.40. The van der Waals surface area contributed by atoms with Gasteiger partial charge in [-0.05, 0) is 22.0 Å². The molecule has 0 aliphatic carbocycles.